The van der Waals surface area contributed by atoms with Crippen molar-refractivity contribution in [3.63, 3.8) is 0 Å². The Labute approximate surface area is 146 Å². The van der Waals surface area contributed by atoms with E-state index in [1.807, 2.05) is 57.2 Å². The summed E-state index contributed by atoms with van der Waals surface area (Å²) in [6, 6.07) is 11.2. The molecule has 0 unspecified atom stereocenters. The third kappa shape index (κ3) is 3.24. The standard InChI is InChI=1S/C19H19ClN2O2/c1-12-6-7-18(17(20)9-12)21-19(23)16-10-13(2)22(14(16)3)11-15-5-4-8-24-15/h4-10H,11H2,1-3H3,(H,21,23). The molecule has 0 aliphatic rings. The summed E-state index contributed by atoms with van der Waals surface area (Å²) in [6.07, 6.45) is 1.65. The minimum Gasteiger partial charge on any atom is -0.467 e. The van der Waals surface area contributed by atoms with E-state index in [4.69, 9.17) is 16.0 Å². The third-order valence-corrected chi connectivity index (χ3v) is 4.40. The lowest BCUT2D eigenvalue weighted by molar-refractivity contribution is 0.102. The number of hydrogen-bond donors (Lipinski definition) is 1. The maximum atomic E-state index is 12.6. The predicted octanol–water partition coefficient (Wildman–Crippen LogP) is 4.96. The van der Waals surface area contributed by atoms with Gasteiger partial charge in [0.25, 0.3) is 5.91 Å². The average molecular weight is 343 g/mol. The highest BCUT2D eigenvalue weighted by atomic mass is 35.5. The van der Waals surface area contributed by atoms with Crippen LogP contribution >= 0.6 is 11.6 Å². The van der Waals surface area contributed by atoms with Crippen LogP contribution in [0.2, 0.25) is 5.02 Å². The number of carbonyl (C=O) groups excluding carboxylic acids is 1. The lowest BCUT2D eigenvalue weighted by atomic mass is 10.2. The van der Waals surface area contributed by atoms with Crippen molar-refractivity contribution < 1.29 is 9.21 Å². The zero-order valence-corrected chi connectivity index (χ0v) is 14.6. The quantitative estimate of drug-likeness (QED) is 0.728. The number of anilines is 1. The van der Waals surface area contributed by atoms with Crippen molar-refractivity contribution in [3.05, 3.63) is 76.0 Å². The van der Waals surface area contributed by atoms with Crippen molar-refractivity contribution in [2.24, 2.45) is 0 Å². The zero-order chi connectivity index (χ0) is 17.3. The first-order valence-corrected chi connectivity index (χ1v) is 8.10. The molecule has 1 amide bonds. The smallest absolute Gasteiger partial charge is 0.257 e. The Morgan fingerprint density at radius 3 is 2.67 bits per heavy atom. The van der Waals surface area contributed by atoms with Crippen LogP contribution in [0.3, 0.4) is 0 Å². The van der Waals surface area contributed by atoms with Gasteiger partial charge in [0.2, 0.25) is 0 Å². The van der Waals surface area contributed by atoms with E-state index in [9.17, 15) is 4.79 Å². The maximum Gasteiger partial charge on any atom is 0.257 e. The minimum atomic E-state index is -0.167. The molecule has 3 aromatic rings. The van der Waals surface area contributed by atoms with E-state index >= 15 is 0 Å². The van der Waals surface area contributed by atoms with E-state index < -0.39 is 0 Å². The van der Waals surface area contributed by atoms with Crippen LogP contribution in [0.5, 0.6) is 0 Å². The molecule has 0 atom stereocenters. The molecule has 4 nitrogen and oxygen atoms in total. The fourth-order valence-corrected chi connectivity index (χ4v) is 3.03. The molecule has 1 N–H and O–H groups in total. The molecule has 0 aliphatic heterocycles. The molecular weight excluding hydrogens is 324 g/mol. The molecule has 0 spiro atoms. The SMILES string of the molecule is Cc1ccc(NC(=O)c2cc(C)n(Cc3ccco3)c2C)c(Cl)c1. The van der Waals surface area contributed by atoms with Gasteiger partial charge in [0.1, 0.15) is 5.76 Å². The van der Waals surface area contributed by atoms with Crippen molar-refractivity contribution >= 4 is 23.2 Å². The van der Waals surface area contributed by atoms with Crippen LogP contribution in [-0.2, 0) is 6.54 Å². The number of rotatable bonds is 4. The lowest BCUT2D eigenvalue weighted by Crippen LogP contribution is -2.14. The normalized spacial score (nSPS) is 10.8. The number of amides is 1. The third-order valence-electron chi connectivity index (χ3n) is 4.09. The van der Waals surface area contributed by atoms with E-state index in [1.54, 1.807) is 6.26 Å². The van der Waals surface area contributed by atoms with Crippen LogP contribution in [0.15, 0.2) is 47.1 Å². The average Bonchev–Trinajstić information content (AvgIpc) is 3.14. The molecule has 2 heterocycles. The molecular formula is C19H19ClN2O2. The van der Waals surface area contributed by atoms with Crippen LogP contribution < -0.4 is 5.32 Å². The van der Waals surface area contributed by atoms with Gasteiger partial charge < -0.3 is 14.3 Å². The first-order chi connectivity index (χ1) is 11.5. The topological polar surface area (TPSA) is 47.2 Å². The number of furan rings is 1. The highest BCUT2D eigenvalue weighted by molar-refractivity contribution is 6.34. The summed E-state index contributed by atoms with van der Waals surface area (Å²) < 4.78 is 7.46. The number of nitrogens with one attached hydrogen (secondary N) is 1. The summed E-state index contributed by atoms with van der Waals surface area (Å²) in [4.78, 5) is 12.6. The van der Waals surface area contributed by atoms with E-state index in [0.29, 0.717) is 22.8 Å². The first kappa shape index (κ1) is 16.4. The van der Waals surface area contributed by atoms with Gasteiger partial charge in [0, 0.05) is 11.4 Å². The monoisotopic (exact) mass is 342 g/mol. The lowest BCUT2D eigenvalue weighted by Gasteiger charge is -2.09. The van der Waals surface area contributed by atoms with E-state index in [-0.39, 0.29) is 5.91 Å². The van der Waals surface area contributed by atoms with Gasteiger partial charge in [0.05, 0.1) is 29.1 Å². The second kappa shape index (κ2) is 6.57. The minimum absolute atomic E-state index is 0.167. The van der Waals surface area contributed by atoms with Crippen LogP contribution in [0, 0.1) is 20.8 Å². The van der Waals surface area contributed by atoms with Gasteiger partial charge in [-0.05, 0) is 56.7 Å². The fraction of sp³-hybridized carbons (Fsp3) is 0.211. The summed E-state index contributed by atoms with van der Waals surface area (Å²) in [5.41, 5.74) is 4.20. The Balaban J connectivity index is 1.85. The van der Waals surface area contributed by atoms with Crippen LogP contribution in [-0.4, -0.2) is 10.5 Å². The van der Waals surface area contributed by atoms with Crippen LogP contribution in [0.25, 0.3) is 0 Å². The van der Waals surface area contributed by atoms with Crippen molar-refractivity contribution in [2.75, 3.05) is 5.32 Å². The summed E-state index contributed by atoms with van der Waals surface area (Å²) in [5, 5.41) is 3.42. The molecule has 124 valence electrons. The highest BCUT2D eigenvalue weighted by Crippen LogP contribution is 2.24. The summed E-state index contributed by atoms with van der Waals surface area (Å²) >= 11 is 6.20. The van der Waals surface area contributed by atoms with Crippen molar-refractivity contribution in [1.29, 1.82) is 0 Å². The van der Waals surface area contributed by atoms with Crippen molar-refractivity contribution in [3.8, 4) is 0 Å². The Hall–Kier alpha value is -2.46. The molecule has 0 fully saturated rings. The van der Waals surface area contributed by atoms with Crippen LogP contribution in [0.1, 0.15) is 33.1 Å². The molecule has 0 bridgehead atoms. The van der Waals surface area contributed by atoms with Gasteiger partial charge in [-0.25, -0.2) is 0 Å². The Bertz CT molecular complexity index is 879. The predicted molar refractivity (Wildman–Crippen MR) is 95.9 cm³/mol. The second-order valence-corrected chi connectivity index (χ2v) is 6.29. The summed E-state index contributed by atoms with van der Waals surface area (Å²) in [7, 11) is 0. The molecule has 0 saturated heterocycles. The van der Waals surface area contributed by atoms with Gasteiger partial charge in [-0.1, -0.05) is 17.7 Å². The molecule has 0 saturated carbocycles. The Kier molecular flexibility index (Phi) is 4.49. The first-order valence-electron chi connectivity index (χ1n) is 7.72. The Morgan fingerprint density at radius 2 is 2.00 bits per heavy atom. The Morgan fingerprint density at radius 1 is 1.21 bits per heavy atom. The molecule has 0 radical (unpaired) electrons. The summed E-state index contributed by atoms with van der Waals surface area (Å²) in [5.74, 6) is 0.685. The van der Waals surface area contributed by atoms with Crippen molar-refractivity contribution in [2.45, 2.75) is 27.3 Å². The molecule has 24 heavy (non-hydrogen) atoms. The van der Waals surface area contributed by atoms with Gasteiger partial charge in [-0.15, -0.1) is 0 Å². The number of aryl methyl sites for hydroxylation is 2. The zero-order valence-electron chi connectivity index (χ0n) is 13.9. The van der Waals surface area contributed by atoms with Crippen LogP contribution in [0.4, 0.5) is 5.69 Å². The van der Waals surface area contributed by atoms with Gasteiger partial charge in [0.15, 0.2) is 0 Å². The van der Waals surface area contributed by atoms with Gasteiger partial charge in [-0.3, -0.25) is 4.79 Å². The number of carbonyl (C=O) groups is 1. The molecule has 5 heteroatoms. The second-order valence-electron chi connectivity index (χ2n) is 5.89. The number of benzene rings is 1. The fourth-order valence-electron chi connectivity index (χ4n) is 2.74. The molecule has 2 aromatic heterocycles. The highest BCUT2D eigenvalue weighted by Gasteiger charge is 2.17. The van der Waals surface area contributed by atoms with Crippen molar-refractivity contribution in [1.82, 2.24) is 4.57 Å². The van der Waals surface area contributed by atoms with E-state index in [1.165, 1.54) is 0 Å². The summed E-state index contributed by atoms with van der Waals surface area (Å²) in [6.45, 7) is 6.47. The molecule has 1 aromatic carbocycles. The molecule has 0 aliphatic carbocycles. The largest absolute Gasteiger partial charge is 0.467 e. The number of halogens is 1. The maximum absolute atomic E-state index is 12.6. The van der Waals surface area contributed by atoms with Gasteiger partial charge in [-0.2, -0.15) is 0 Å². The number of aromatic nitrogens is 1. The van der Waals surface area contributed by atoms with Gasteiger partial charge >= 0.3 is 0 Å². The van der Waals surface area contributed by atoms with E-state index in [2.05, 4.69) is 9.88 Å². The number of nitrogens with zero attached hydrogens (tertiary/aromatic N) is 1. The van der Waals surface area contributed by atoms with E-state index in [0.717, 1.165) is 22.7 Å². The molecule has 3 rings (SSSR count). The number of hydrogen-bond acceptors (Lipinski definition) is 2.